The Kier molecular flexibility index (Phi) is 3.79. The van der Waals surface area contributed by atoms with Crippen LogP contribution < -0.4 is 10.6 Å². The number of nitrogens with zero attached hydrogens (tertiary/aromatic N) is 1. The topological polar surface area (TPSA) is 54.0 Å². The molecule has 17 heavy (non-hydrogen) atoms. The number of aromatic nitrogens is 1. The van der Waals surface area contributed by atoms with Gasteiger partial charge in [0.05, 0.1) is 5.69 Å². The van der Waals surface area contributed by atoms with Gasteiger partial charge in [0, 0.05) is 16.8 Å². The number of piperidine rings is 1. The Labute approximate surface area is 106 Å². The van der Waals surface area contributed by atoms with Crippen LogP contribution in [0.2, 0.25) is 0 Å². The molecule has 1 fully saturated rings. The maximum absolute atomic E-state index is 12.1. The Morgan fingerprint density at radius 3 is 2.88 bits per heavy atom. The molecular weight excluding hydrogens is 234 g/mol. The van der Waals surface area contributed by atoms with Crippen molar-refractivity contribution in [2.24, 2.45) is 5.92 Å². The fourth-order valence-corrected chi connectivity index (χ4v) is 2.92. The highest BCUT2D eigenvalue weighted by Gasteiger charge is 2.25. The van der Waals surface area contributed by atoms with Crippen molar-refractivity contribution < 1.29 is 4.79 Å². The number of hydrogen-bond acceptors (Lipinski definition) is 4. The number of carbonyl (C=O) groups is 1. The molecule has 1 saturated heterocycles. The summed E-state index contributed by atoms with van der Waals surface area (Å²) in [5, 5.41) is 7.02. The maximum Gasteiger partial charge on any atom is 0.229 e. The highest BCUT2D eigenvalue weighted by molar-refractivity contribution is 7.15. The maximum atomic E-state index is 12.1. The molecule has 5 heteroatoms. The predicted octanol–water partition coefficient (Wildman–Crippen LogP) is 2.09. The van der Waals surface area contributed by atoms with Crippen LogP contribution in [0, 0.1) is 19.8 Å². The average Bonchev–Trinajstić information content (AvgIpc) is 2.58. The SMILES string of the molecule is Cc1nc(NC(=O)[C@H]2CCN[C@@H](C)C2)sc1C. The number of anilines is 1. The summed E-state index contributed by atoms with van der Waals surface area (Å²) in [5.74, 6) is 0.239. The first kappa shape index (κ1) is 12.5. The van der Waals surface area contributed by atoms with Crippen LogP contribution in [0.3, 0.4) is 0 Å². The molecule has 0 bridgehead atoms. The number of carbonyl (C=O) groups excluding carboxylic acids is 1. The van der Waals surface area contributed by atoms with Crippen LogP contribution in [0.5, 0.6) is 0 Å². The van der Waals surface area contributed by atoms with Crippen molar-refractivity contribution in [1.82, 2.24) is 10.3 Å². The molecule has 0 unspecified atom stereocenters. The molecule has 0 radical (unpaired) electrons. The van der Waals surface area contributed by atoms with Gasteiger partial charge in [-0.25, -0.2) is 4.98 Å². The van der Waals surface area contributed by atoms with Crippen molar-refractivity contribution >= 4 is 22.4 Å². The van der Waals surface area contributed by atoms with E-state index in [9.17, 15) is 4.79 Å². The van der Waals surface area contributed by atoms with Gasteiger partial charge in [-0.1, -0.05) is 0 Å². The van der Waals surface area contributed by atoms with Crippen LogP contribution in [0.25, 0.3) is 0 Å². The molecule has 94 valence electrons. The van der Waals surface area contributed by atoms with Gasteiger partial charge in [-0.05, 0) is 40.2 Å². The summed E-state index contributed by atoms with van der Waals surface area (Å²) < 4.78 is 0. The Hall–Kier alpha value is -0.940. The molecule has 0 aromatic carbocycles. The average molecular weight is 253 g/mol. The van der Waals surface area contributed by atoms with Crippen LogP contribution in [-0.2, 0) is 4.79 Å². The van der Waals surface area contributed by atoms with Crippen LogP contribution in [-0.4, -0.2) is 23.5 Å². The number of aryl methyl sites for hydroxylation is 2. The van der Waals surface area contributed by atoms with E-state index in [0.717, 1.165) is 30.2 Å². The largest absolute Gasteiger partial charge is 0.314 e. The Bertz CT molecular complexity index is 396. The van der Waals surface area contributed by atoms with Gasteiger partial charge in [0.15, 0.2) is 5.13 Å². The number of rotatable bonds is 2. The molecule has 4 nitrogen and oxygen atoms in total. The molecule has 0 spiro atoms. The first-order chi connectivity index (χ1) is 8.06. The standard InChI is InChI=1S/C12H19N3OS/c1-7-6-10(4-5-13-7)11(16)15-12-14-8(2)9(3)17-12/h7,10,13H,4-6H2,1-3H3,(H,14,15,16)/t7-,10-/m0/s1. The smallest absolute Gasteiger partial charge is 0.229 e. The summed E-state index contributed by atoms with van der Waals surface area (Å²) in [6.07, 6.45) is 1.83. The Morgan fingerprint density at radius 2 is 2.29 bits per heavy atom. The number of thiazole rings is 1. The molecular formula is C12H19N3OS. The van der Waals surface area contributed by atoms with Crippen molar-refractivity contribution in [3.8, 4) is 0 Å². The van der Waals surface area contributed by atoms with Gasteiger partial charge in [-0.15, -0.1) is 11.3 Å². The second-order valence-electron chi connectivity index (χ2n) is 4.73. The fraction of sp³-hybridized carbons (Fsp3) is 0.667. The number of amides is 1. The van der Waals surface area contributed by atoms with Crippen molar-refractivity contribution in [3.05, 3.63) is 10.6 Å². The van der Waals surface area contributed by atoms with E-state index in [2.05, 4.69) is 22.5 Å². The van der Waals surface area contributed by atoms with Crippen LogP contribution in [0.1, 0.15) is 30.3 Å². The minimum Gasteiger partial charge on any atom is -0.314 e. The lowest BCUT2D eigenvalue weighted by molar-refractivity contribution is -0.120. The summed E-state index contributed by atoms with van der Waals surface area (Å²) in [5.41, 5.74) is 1.00. The lowest BCUT2D eigenvalue weighted by Gasteiger charge is -2.26. The zero-order chi connectivity index (χ0) is 12.4. The molecule has 0 saturated carbocycles. The quantitative estimate of drug-likeness (QED) is 0.848. The first-order valence-electron chi connectivity index (χ1n) is 6.04. The molecule has 1 aromatic rings. The molecule has 2 N–H and O–H groups in total. The van der Waals surface area contributed by atoms with Crippen LogP contribution in [0.4, 0.5) is 5.13 Å². The van der Waals surface area contributed by atoms with E-state index in [1.54, 1.807) is 11.3 Å². The van der Waals surface area contributed by atoms with E-state index in [0.29, 0.717) is 6.04 Å². The fourth-order valence-electron chi connectivity index (χ4n) is 2.10. The minimum atomic E-state index is 0.118. The van der Waals surface area contributed by atoms with Crippen molar-refractivity contribution in [2.75, 3.05) is 11.9 Å². The summed E-state index contributed by atoms with van der Waals surface area (Å²) >= 11 is 1.55. The minimum absolute atomic E-state index is 0.118. The molecule has 1 amide bonds. The van der Waals surface area contributed by atoms with Gasteiger partial charge < -0.3 is 10.6 Å². The molecule has 0 aliphatic carbocycles. The normalized spacial score (nSPS) is 24.6. The van der Waals surface area contributed by atoms with Gasteiger partial charge in [0.2, 0.25) is 5.91 Å². The monoisotopic (exact) mass is 253 g/mol. The molecule has 2 atom stereocenters. The van der Waals surface area contributed by atoms with E-state index in [1.165, 1.54) is 4.88 Å². The van der Waals surface area contributed by atoms with Crippen LogP contribution in [0.15, 0.2) is 0 Å². The van der Waals surface area contributed by atoms with Crippen LogP contribution >= 0.6 is 11.3 Å². The second kappa shape index (κ2) is 5.14. The van der Waals surface area contributed by atoms with Crippen molar-refractivity contribution in [2.45, 2.75) is 39.7 Å². The lowest BCUT2D eigenvalue weighted by atomic mass is 9.93. The predicted molar refractivity (Wildman–Crippen MR) is 70.4 cm³/mol. The first-order valence-corrected chi connectivity index (χ1v) is 6.86. The summed E-state index contributed by atoms with van der Waals surface area (Å²) in [7, 11) is 0. The van der Waals surface area contributed by atoms with E-state index in [1.807, 2.05) is 13.8 Å². The van der Waals surface area contributed by atoms with Gasteiger partial charge in [0.1, 0.15) is 0 Å². The molecule has 1 aliphatic rings. The van der Waals surface area contributed by atoms with Gasteiger partial charge in [-0.2, -0.15) is 0 Å². The third-order valence-electron chi connectivity index (χ3n) is 3.25. The molecule has 1 aromatic heterocycles. The Balaban J connectivity index is 1.96. The van der Waals surface area contributed by atoms with Gasteiger partial charge >= 0.3 is 0 Å². The highest BCUT2D eigenvalue weighted by Crippen LogP contribution is 2.23. The Morgan fingerprint density at radius 1 is 1.53 bits per heavy atom. The van der Waals surface area contributed by atoms with Crippen molar-refractivity contribution in [3.63, 3.8) is 0 Å². The zero-order valence-electron chi connectivity index (χ0n) is 10.5. The molecule has 1 aliphatic heterocycles. The summed E-state index contributed by atoms with van der Waals surface area (Å²) in [6, 6.07) is 0.430. The zero-order valence-corrected chi connectivity index (χ0v) is 11.4. The number of hydrogen-bond donors (Lipinski definition) is 2. The summed E-state index contributed by atoms with van der Waals surface area (Å²) in [6.45, 7) is 7.04. The van der Waals surface area contributed by atoms with E-state index >= 15 is 0 Å². The molecule has 2 rings (SSSR count). The van der Waals surface area contributed by atoms with E-state index < -0.39 is 0 Å². The lowest BCUT2D eigenvalue weighted by Crippen LogP contribution is -2.40. The highest BCUT2D eigenvalue weighted by atomic mass is 32.1. The number of nitrogens with one attached hydrogen (secondary N) is 2. The second-order valence-corrected chi connectivity index (χ2v) is 5.93. The summed E-state index contributed by atoms with van der Waals surface area (Å²) in [4.78, 5) is 17.6. The van der Waals surface area contributed by atoms with E-state index in [-0.39, 0.29) is 11.8 Å². The van der Waals surface area contributed by atoms with E-state index in [4.69, 9.17) is 0 Å². The third-order valence-corrected chi connectivity index (χ3v) is 4.24. The van der Waals surface area contributed by atoms with Gasteiger partial charge in [0.25, 0.3) is 0 Å². The third kappa shape index (κ3) is 3.04. The van der Waals surface area contributed by atoms with Gasteiger partial charge in [-0.3, -0.25) is 4.79 Å². The van der Waals surface area contributed by atoms with Crippen molar-refractivity contribution in [1.29, 1.82) is 0 Å². The molecule has 2 heterocycles.